The maximum Gasteiger partial charge on any atom is 0.240 e. The van der Waals surface area contributed by atoms with Gasteiger partial charge in [0.1, 0.15) is 11.5 Å². The van der Waals surface area contributed by atoms with E-state index in [9.17, 15) is 4.79 Å². The highest BCUT2D eigenvalue weighted by atomic mass is 16.5. The lowest BCUT2D eigenvalue weighted by molar-refractivity contribution is -0.139. The van der Waals surface area contributed by atoms with Crippen LogP contribution in [-0.4, -0.2) is 53.0 Å². The predicted molar refractivity (Wildman–Crippen MR) is 113 cm³/mol. The first-order valence-corrected chi connectivity index (χ1v) is 11.4. The van der Waals surface area contributed by atoms with E-state index in [4.69, 9.17) is 14.1 Å². The van der Waals surface area contributed by atoms with E-state index in [1.165, 1.54) is 12.0 Å². The number of carbonyl (C=O) groups is 1. The molecule has 0 bridgehead atoms. The normalized spacial score (nSPS) is 23.3. The number of hydrogen-bond donors (Lipinski definition) is 0. The fourth-order valence-electron chi connectivity index (χ4n) is 5.01. The second-order valence-corrected chi connectivity index (χ2v) is 8.79. The van der Waals surface area contributed by atoms with Crippen molar-refractivity contribution in [3.8, 4) is 0 Å². The van der Waals surface area contributed by atoms with Crippen molar-refractivity contribution in [1.29, 1.82) is 0 Å². The third kappa shape index (κ3) is 4.16. The number of oxazole rings is 1. The number of carbonyl (C=O) groups excluding carboxylic acids is 1. The molecule has 3 aliphatic heterocycles. The Morgan fingerprint density at radius 1 is 1.07 bits per heavy atom. The van der Waals surface area contributed by atoms with Crippen LogP contribution >= 0.6 is 0 Å². The zero-order valence-electron chi connectivity index (χ0n) is 17.6. The first-order valence-electron chi connectivity index (χ1n) is 11.4. The van der Waals surface area contributed by atoms with Crippen LogP contribution < -0.4 is 0 Å². The summed E-state index contributed by atoms with van der Waals surface area (Å²) >= 11 is 0. The van der Waals surface area contributed by atoms with Crippen LogP contribution in [0.5, 0.6) is 0 Å². The van der Waals surface area contributed by atoms with Crippen molar-refractivity contribution in [2.75, 3.05) is 26.3 Å². The van der Waals surface area contributed by atoms with Gasteiger partial charge in [0.15, 0.2) is 5.89 Å². The number of benzene rings is 1. The van der Waals surface area contributed by atoms with Gasteiger partial charge in [-0.1, -0.05) is 36.8 Å². The average Bonchev–Trinajstić information content (AvgIpc) is 3.24. The Labute approximate surface area is 178 Å². The number of likely N-dealkylation sites (tertiary alicyclic amines) is 1. The minimum atomic E-state index is -0.0256. The smallest absolute Gasteiger partial charge is 0.240 e. The van der Waals surface area contributed by atoms with E-state index >= 15 is 0 Å². The Balaban J connectivity index is 1.27. The van der Waals surface area contributed by atoms with Crippen molar-refractivity contribution >= 4 is 5.91 Å². The van der Waals surface area contributed by atoms with Crippen molar-refractivity contribution in [3.63, 3.8) is 0 Å². The van der Waals surface area contributed by atoms with Gasteiger partial charge in [0.2, 0.25) is 5.91 Å². The molecule has 3 aliphatic rings. The molecule has 30 heavy (non-hydrogen) atoms. The minimum absolute atomic E-state index is 0.0256. The SMILES string of the molecule is O=C(C1CCCCN1Cc1ccccc1)N1CCc2oc(C3CCOCC3)nc2C1. The average molecular weight is 410 g/mol. The van der Waals surface area contributed by atoms with E-state index in [1.54, 1.807) is 0 Å². The Kier molecular flexibility index (Phi) is 5.86. The third-order valence-corrected chi connectivity index (χ3v) is 6.75. The summed E-state index contributed by atoms with van der Waals surface area (Å²) in [5.41, 5.74) is 2.23. The van der Waals surface area contributed by atoms with E-state index in [0.29, 0.717) is 12.5 Å². The molecule has 1 unspecified atom stereocenters. The molecule has 6 heteroatoms. The van der Waals surface area contributed by atoms with Crippen LogP contribution in [-0.2, 0) is 29.0 Å². The Bertz CT molecular complexity index is 860. The molecule has 160 valence electrons. The summed E-state index contributed by atoms with van der Waals surface area (Å²) in [6.45, 7) is 4.69. The highest BCUT2D eigenvalue weighted by Gasteiger charge is 2.35. The van der Waals surface area contributed by atoms with Crippen molar-refractivity contribution < 1.29 is 13.9 Å². The monoisotopic (exact) mass is 409 g/mol. The molecule has 1 aromatic carbocycles. The number of amides is 1. The zero-order chi connectivity index (χ0) is 20.3. The summed E-state index contributed by atoms with van der Waals surface area (Å²) < 4.78 is 11.6. The number of nitrogens with zero attached hydrogens (tertiary/aromatic N) is 3. The van der Waals surface area contributed by atoms with Crippen LogP contribution in [0.3, 0.4) is 0 Å². The van der Waals surface area contributed by atoms with E-state index in [1.807, 2.05) is 11.0 Å². The molecule has 1 amide bonds. The summed E-state index contributed by atoms with van der Waals surface area (Å²) in [6, 6.07) is 10.5. The molecule has 1 atom stereocenters. The highest BCUT2D eigenvalue weighted by Crippen LogP contribution is 2.31. The third-order valence-electron chi connectivity index (χ3n) is 6.75. The Morgan fingerprint density at radius 3 is 2.73 bits per heavy atom. The molecule has 6 nitrogen and oxygen atoms in total. The molecule has 0 N–H and O–H groups in total. The molecule has 4 heterocycles. The van der Waals surface area contributed by atoms with Gasteiger partial charge in [-0.25, -0.2) is 4.98 Å². The van der Waals surface area contributed by atoms with E-state index in [2.05, 4.69) is 29.2 Å². The summed E-state index contributed by atoms with van der Waals surface area (Å²) in [4.78, 5) is 22.7. The first kappa shape index (κ1) is 19.8. The van der Waals surface area contributed by atoms with Crippen LogP contribution in [0, 0.1) is 0 Å². The fraction of sp³-hybridized carbons (Fsp3) is 0.583. The predicted octanol–water partition coefficient (Wildman–Crippen LogP) is 3.51. The number of ether oxygens (including phenoxy) is 1. The minimum Gasteiger partial charge on any atom is -0.445 e. The molecule has 0 radical (unpaired) electrons. The van der Waals surface area contributed by atoms with Crippen LogP contribution in [0.2, 0.25) is 0 Å². The molecule has 1 aromatic heterocycles. The van der Waals surface area contributed by atoms with Crippen molar-refractivity contribution in [3.05, 3.63) is 53.2 Å². The van der Waals surface area contributed by atoms with Crippen molar-refractivity contribution in [1.82, 2.24) is 14.8 Å². The lowest BCUT2D eigenvalue weighted by Crippen LogP contribution is -2.51. The molecular weight excluding hydrogens is 378 g/mol. The van der Waals surface area contributed by atoms with Crippen LogP contribution in [0.15, 0.2) is 34.7 Å². The fourth-order valence-corrected chi connectivity index (χ4v) is 5.01. The topological polar surface area (TPSA) is 58.8 Å². The molecule has 0 saturated carbocycles. The zero-order valence-corrected chi connectivity index (χ0v) is 17.6. The maximum atomic E-state index is 13.5. The molecule has 0 spiro atoms. The van der Waals surface area contributed by atoms with E-state index in [0.717, 1.165) is 82.3 Å². The number of aromatic nitrogens is 1. The van der Waals surface area contributed by atoms with Crippen LogP contribution in [0.25, 0.3) is 0 Å². The second-order valence-electron chi connectivity index (χ2n) is 8.79. The van der Waals surface area contributed by atoms with Gasteiger partial charge in [0, 0.05) is 38.6 Å². The van der Waals surface area contributed by atoms with Gasteiger partial charge in [0.25, 0.3) is 0 Å². The van der Waals surface area contributed by atoms with Gasteiger partial charge in [-0.3, -0.25) is 9.69 Å². The lowest BCUT2D eigenvalue weighted by atomic mass is 9.99. The lowest BCUT2D eigenvalue weighted by Gasteiger charge is -2.38. The highest BCUT2D eigenvalue weighted by molar-refractivity contribution is 5.82. The van der Waals surface area contributed by atoms with Gasteiger partial charge in [-0.15, -0.1) is 0 Å². The maximum absolute atomic E-state index is 13.5. The number of fused-ring (bicyclic) bond motifs is 1. The molecular formula is C24H31N3O3. The number of rotatable bonds is 4. The van der Waals surface area contributed by atoms with Gasteiger partial charge in [-0.05, 0) is 37.8 Å². The molecule has 2 fully saturated rings. The van der Waals surface area contributed by atoms with E-state index < -0.39 is 0 Å². The molecule has 2 saturated heterocycles. The van der Waals surface area contributed by atoms with Crippen LogP contribution in [0.1, 0.15) is 60.9 Å². The number of hydrogen-bond acceptors (Lipinski definition) is 5. The summed E-state index contributed by atoms with van der Waals surface area (Å²) in [7, 11) is 0. The van der Waals surface area contributed by atoms with Crippen molar-refractivity contribution in [2.45, 2.75) is 63.6 Å². The standard InChI is InChI=1S/C24H31N3O3/c28-24(21-8-4-5-12-26(21)16-18-6-2-1-3-7-18)27-13-9-22-20(17-27)25-23(30-22)19-10-14-29-15-11-19/h1-3,6-7,19,21H,4-5,8-17H2. The van der Waals surface area contributed by atoms with Crippen molar-refractivity contribution in [2.24, 2.45) is 0 Å². The molecule has 5 rings (SSSR count). The van der Waals surface area contributed by atoms with Crippen LogP contribution in [0.4, 0.5) is 0 Å². The largest absolute Gasteiger partial charge is 0.445 e. The first-order chi connectivity index (χ1) is 14.8. The second kappa shape index (κ2) is 8.90. The van der Waals surface area contributed by atoms with Gasteiger partial charge in [0.05, 0.1) is 12.6 Å². The summed E-state index contributed by atoms with van der Waals surface area (Å²) in [5, 5.41) is 0. The summed E-state index contributed by atoms with van der Waals surface area (Å²) in [5.74, 6) is 2.44. The number of piperidine rings is 1. The Hall–Kier alpha value is -2.18. The Morgan fingerprint density at radius 2 is 1.90 bits per heavy atom. The molecule has 2 aromatic rings. The van der Waals surface area contributed by atoms with Gasteiger partial charge >= 0.3 is 0 Å². The van der Waals surface area contributed by atoms with Gasteiger partial charge in [-0.2, -0.15) is 0 Å². The molecule has 0 aliphatic carbocycles. The quantitative estimate of drug-likeness (QED) is 0.773. The van der Waals surface area contributed by atoms with Gasteiger partial charge < -0.3 is 14.1 Å². The summed E-state index contributed by atoms with van der Waals surface area (Å²) in [6.07, 6.45) is 5.94. The van der Waals surface area contributed by atoms with E-state index in [-0.39, 0.29) is 11.9 Å².